The van der Waals surface area contributed by atoms with Crippen molar-refractivity contribution in [2.75, 3.05) is 13.2 Å². The van der Waals surface area contributed by atoms with Crippen molar-refractivity contribution in [3.63, 3.8) is 0 Å². The summed E-state index contributed by atoms with van der Waals surface area (Å²) in [6.07, 6.45) is 1.30. The predicted molar refractivity (Wildman–Crippen MR) is 93.9 cm³/mol. The van der Waals surface area contributed by atoms with E-state index in [0.29, 0.717) is 17.7 Å². The number of urea groups is 1. The summed E-state index contributed by atoms with van der Waals surface area (Å²) >= 11 is 0. The Hall–Kier alpha value is -2.41. The number of aliphatic hydroxyl groups is 1. The minimum absolute atomic E-state index is 0.0499. The third-order valence-corrected chi connectivity index (χ3v) is 5.03. The zero-order valence-electron chi connectivity index (χ0n) is 15.0. The number of amides is 3. The maximum atomic E-state index is 12.5. The van der Waals surface area contributed by atoms with Crippen molar-refractivity contribution in [3.8, 4) is 5.75 Å². The second-order valence-electron chi connectivity index (χ2n) is 7.09. The van der Waals surface area contributed by atoms with Crippen LogP contribution in [0.25, 0.3) is 0 Å². The topological polar surface area (TPSA) is 95.9 Å². The van der Waals surface area contributed by atoms with Crippen LogP contribution in [0.5, 0.6) is 5.75 Å². The van der Waals surface area contributed by atoms with E-state index in [1.807, 2.05) is 0 Å². The van der Waals surface area contributed by atoms with E-state index in [9.17, 15) is 19.5 Å². The lowest BCUT2D eigenvalue weighted by atomic mass is 9.96. The Morgan fingerprint density at radius 1 is 1.35 bits per heavy atom. The molecule has 0 radical (unpaired) electrons. The van der Waals surface area contributed by atoms with Crippen LogP contribution >= 0.6 is 0 Å². The molecule has 1 heterocycles. The van der Waals surface area contributed by atoms with Crippen LogP contribution in [0.3, 0.4) is 0 Å². The molecule has 0 aromatic heterocycles. The van der Waals surface area contributed by atoms with Crippen molar-refractivity contribution < 1.29 is 24.2 Å². The number of imide groups is 1. The van der Waals surface area contributed by atoms with Gasteiger partial charge in [-0.25, -0.2) is 4.79 Å². The lowest BCUT2D eigenvalue weighted by molar-refractivity contribution is -0.132. The van der Waals surface area contributed by atoms with Crippen molar-refractivity contribution >= 4 is 17.7 Å². The van der Waals surface area contributed by atoms with Gasteiger partial charge in [0, 0.05) is 12.0 Å². The van der Waals surface area contributed by atoms with E-state index >= 15 is 0 Å². The number of hydrogen-bond acceptors (Lipinski definition) is 5. The second-order valence-corrected chi connectivity index (χ2v) is 7.09. The summed E-state index contributed by atoms with van der Waals surface area (Å²) in [5.74, 6) is 0.457. The standard InChI is InChI=1S/C19H24N2O5/c1-3-16(23)12-4-8-15(9-5-12)26-11-14(22)10-21-17(24)19(2,13-6-7-13)20-18(21)25/h4-5,8-9,13-14,22H,3,6-7,10-11H2,1-2H3,(H,20,25)/t14-,19+/m0/s1. The van der Waals surface area contributed by atoms with Gasteiger partial charge in [-0.1, -0.05) is 6.92 Å². The summed E-state index contributed by atoms with van der Waals surface area (Å²) in [5, 5.41) is 12.9. The van der Waals surface area contributed by atoms with E-state index in [4.69, 9.17) is 4.74 Å². The highest BCUT2D eigenvalue weighted by Crippen LogP contribution is 2.42. The molecule has 3 amide bonds. The van der Waals surface area contributed by atoms with Gasteiger partial charge in [-0.05, 0) is 49.9 Å². The van der Waals surface area contributed by atoms with Crippen LogP contribution in [0, 0.1) is 5.92 Å². The smallest absolute Gasteiger partial charge is 0.325 e. The van der Waals surface area contributed by atoms with E-state index in [1.165, 1.54) is 0 Å². The molecule has 2 atom stereocenters. The van der Waals surface area contributed by atoms with Gasteiger partial charge in [0.05, 0.1) is 6.54 Å². The highest BCUT2D eigenvalue weighted by Gasteiger charge is 2.56. The first kappa shape index (κ1) is 18.4. The molecular formula is C19H24N2O5. The Bertz CT molecular complexity index is 713. The molecule has 0 spiro atoms. The summed E-state index contributed by atoms with van der Waals surface area (Å²) in [4.78, 5) is 37.3. The van der Waals surface area contributed by atoms with Crippen molar-refractivity contribution in [1.29, 1.82) is 0 Å². The van der Waals surface area contributed by atoms with Gasteiger partial charge in [0.25, 0.3) is 5.91 Å². The number of rotatable bonds is 8. The second kappa shape index (κ2) is 7.07. The SMILES string of the molecule is CCC(=O)c1ccc(OC[C@@H](O)CN2C(=O)N[C@](C)(C3CC3)C2=O)cc1. The van der Waals surface area contributed by atoms with E-state index in [-0.39, 0.29) is 30.8 Å². The quantitative estimate of drug-likeness (QED) is 0.544. The Morgan fingerprint density at radius 3 is 2.58 bits per heavy atom. The summed E-state index contributed by atoms with van der Waals surface area (Å²) in [7, 11) is 0. The molecule has 7 heteroatoms. The van der Waals surface area contributed by atoms with Crippen molar-refractivity contribution in [2.45, 2.75) is 44.8 Å². The number of carbonyl (C=O) groups is 3. The molecule has 1 aromatic rings. The molecule has 0 unspecified atom stereocenters. The van der Waals surface area contributed by atoms with Crippen molar-refractivity contribution in [2.24, 2.45) is 5.92 Å². The maximum Gasteiger partial charge on any atom is 0.325 e. The molecule has 1 saturated carbocycles. The molecule has 2 fully saturated rings. The third-order valence-electron chi connectivity index (χ3n) is 5.03. The van der Waals surface area contributed by atoms with Crippen LogP contribution in [0.2, 0.25) is 0 Å². The van der Waals surface area contributed by atoms with Gasteiger partial charge in [-0.15, -0.1) is 0 Å². The van der Waals surface area contributed by atoms with E-state index in [0.717, 1.165) is 17.7 Å². The molecule has 3 rings (SSSR count). The predicted octanol–water partition coefficient (Wildman–Crippen LogP) is 1.74. The zero-order chi connectivity index (χ0) is 18.9. The van der Waals surface area contributed by atoms with Crippen molar-refractivity contribution in [3.05, 3.63) is 29.8 Å². The number of ketones is 1. The molecule has 0 bridgehead atoms. The molecule has 1 aliphatic carbocycles. The van der Waals surface area contributed by atoms with Gasteiger partial charge in [0.2, 0.25) is 0 Å². The summed E-state index contributed by atoms with van der Waals surface area (Å²) in [6, 6.07) is 6.20. The van der Waals surface area contributed by atoms with E-state index < -0.39 is 17.7 Å². The van der Waals surface area contributed by atoms with Crippen LogP contribution in [0.1, 0.15) is 43.5 Å². The van der Waals surface area contributed by atoms with E-state index in [2.05, 4.69) is 5.32 Å². The third kappa shape index (κ3) is 3.58. The van der Waals surface area contributed by atoms with Crippen LogP contribution in [0.4, 0.5) is 4.79 Å². The van der Waals surface area contributed by atoms with Crippen LogP contribution in [0.15, 0.2) is 24.3 Å². The molecular weight excluding hydrogens is 336 g/mol. The number of aliphatic hydroxyl groups excluding tert-OH is 1. The van der Waals surface area contributed by atoms with Gasteiger partial charge >= 0.3 is 6.03 Å². The first-order chi connectivity index (χ1) is 12.3. The first-order valence-electron chi connectivity index (χ1n) is 8.93. The van der Waals surface area contributed by atoms with Crippen LogP contribution in [-0.2, 0) is 4.79 Å². The normalized spacial score (nSPS) is 23.7. The van der Waals surface area contributed by atoms with Gasteiger partial charge < -0.3 is 15.2 Å². The molecule has 1 saturated heterocycles. The molecule has 2 N–H and O–H groups in total. The van der Waals surface area contributed by atoms with Gasteiger partial charge in [0.1, 0.15) is 24.0 Å². The van der Waals surface area contributed by atoms with Gasteiger partial charge in [-0.2, -0.15) is 0 Å². The Morgan fingerprint density at radius 2 is 2.00 bits per heavy atom. The first-order valence-corrected chi connectivity index (χ1v) is 8.93. The number of hydrogen-bond donors (Lipinski definition) is 2. The molecule has 1 aliphatic heterocycles. The minimum atomic E-state index is -0.997. The Balaban J connectivity index is 1.52. The number of ether oxygens (including phenoxy) is 1. The lowest BCUT2D eigenvalue weighted by Gasteiger charge is -2.22. The average molecular weight is 360 g/mol. The fourth-order valence-corrected chi connectivity index (χ4v) is 3.22. The number of benzene rings is 1. The number of nitrogens with one attached hydrogen (secondary N) is 1. The zero-order valence-corrected chi connectivity index (χ0v) is 15.0. The Labute approximate surface area is 152 Å². The van der Waals surface area contributed by atoms with Gasteiger partial charge in [0.15, 0.2) is 5.78 Å². The minimum Gasteiger partial charge on any atom is -0.491 e. The summed E-state index contributed by atoms with van der Waals surface area (Å²) < 4.78 is 5.50. The highest BCUT2D eigenvalue weighted by molar-refractivity contribution is 6.07. The number of β-amino-alcohol motifs (C(OH)–C–C–N with tert-alkyl or cyclic N) is 1. The fraction of sp³-hybridized carbons (Fsp3) is 0.526. The number of carbonyl (C=O) groups excluding carboxylic acids is 3. The molecule has 26 heavy (non-hydrogen) atoms. The summed E-state index contributed by atoms with van der Waals surface area (Å²) in [6.45, 7) is 3.37. The maximum absolute atomic E-state index is 12.5. The van der Waals surface area contributed by atoms with Crippen molar-refractivity contribution in [1.82, 2.24) is 10.2 Å². The van der Waals surface area contributed by atoms with Gasteiger partial charge in [-0.3, -0.25) is 14.5 Å². The molecule has 140 valence electrons. The highest BCUT2D eigenvalue weighted by atomic mass is 16.5. The lowest BCUT2D eigenvalue weighted by Crippen LogP contribution is -2.46. The van der Waals surface area contributed by atoms with E-state index in [1.54, 1.807) is 38.1 Å². The largest absolute Gasteiger partial charge is 0.491 e. The molecule has 2 aliphatic rings. The number of nitrogens with zero attached hydrogens (tertiary/aromatic N) is 1. The molecule has 7 nitrogen and oxygen atoms in total. The fourth-order valence-electron chi connectivity index (χ4n) is 3.22. The summed E-state index contributed by atoms with van der Waals surface area (Å²) in [5.41, 5.74) is -0.238. The molecule has 1 aromatic carbocycles. The Kier molecular flexibility index (Phi) is 5.00. The van der Waals surface area contributed by atoms with Crippen LogP contribution < -0.4 is 10.1 Å². The monoisotopic (exact) mass is 360 g/mol. The number of Topliss-reactive ketones (excluding diaryl/α,β-unsaturated/α-hetero) is 1. The average Bonchev–Trinajstić information content (AvgIpc) is 3.46. The van der Waals surface area contributed by atoms with Crippen LogP contribution in [-0.4, -0.2) is 52.5 Å².